The molecule has 32 heteroatoms. The summed E-state index contributed by atoms with van der Waals surface area (Å²) in [6.07, 6.45) is 3.18. The van der Waals surface area contributed by atoms with Gasteiger partial charge < -0.3 is 120 Å². The van der Waals surface area contributed by atoms with Crippen molar-refractivity contribution in [1.29, 1.82) is 0 Å². The molecule has 764 valence electrons. The molecule has 0 radical (unpaired) electrons. The number of nitrogens with two attached hydrogens (primary N) is 1. The standard InChI is InChI=1S/C41H54N4O8.C32H39N3O5.C18H31N3O3.C17H29N3O3/c1-7-43-37(46)17-12-24-51-29-19-18-28(36(25-29)50-6)26-45(23-22-42-5)38(47)21-20-35(39(48)53-41(2,3)4)44-40(49)52-27-34-32-15-10-8-13-30(32)31-14-9-11-16-33(31)34;1-4-34-31(36)14-9-19-39-24-16-15-23(30(20-24)38-3)21-35(18-17-33-2)32(37)40-22-29-27-12-7-5-10-25(27)26-11-6-8-13-28(26)29;1-5-20-18(22)7-6-12-24-16-9-8-15(17(13-16)23-4)14-21(3)11-10-19-2;1-4-19-17(21)6-5-11-23-15-8-7-14(16(12-15)22-3)13-20(2)10-9-18/h8-11,13-16,18-19,25,34-35,42H,7,12,17,20-24,26-27H2,1-6H3,(H,43,46)(H,44,49);5-8,10-13,15-16,20,29,33H,4,9,14,17-19,21-22H2,1-3H3,(H,34,36);8-9,13,19H,5-7,10-12,14H2,1-4H3,(H,20,22);7-8,12H,4-6,9-11,13,18H2,1-3H3,(H,19,21). The van der Waals surface area contributed by atoms with E-state index in [-0.39, 0.29) is 80.1 Å². The summed E-state index contributed by atoms with van der Waals surface area (Å²) in [5, 5.41) is 23.1. The highest BCUT2D eigenvalue weighted by molar-refractivity contribution is 5.85. The first-order chi connectivity index (χ1) is 67.7. The molecule has 0 spiro atoms. The largest absolute Gasteiger partial charge is 0.496 e. The van der Waals surface area contributed by atoms with E-state index in [4.69, 9.17) is 57.8 Å². The Kier molecular flexibility index (Phi) is 51.5. The van der Waals surface area contributed by atoms with Gasteiger partial charge >= 0.3 is 18.2 Å². The minimum absolute atomic E-state index is 0.00140. The van der Waals surface area contributed by atoms with Gasteiger partial charge in [0, 0.05) is 189 Å². The first-order valence-corrected chi connectivity index (χ1v) is 48.7. The summed E-state index contributed by atoms with van der Waals surface area (Å²) in [6.45, 7) is 25.2. The van der Waals surface area contributed by atoms with Gasteiger partial charge in [0.15, 0.2) is 0 Å². The van der Waals surface area contributed by atoms with Crippen LogP contribution in [0.1, 0.15) is 169 Å². The van der Waals surface area contributed by atoms with Crippen LogP contribution in [0, 0.1) is 0 Å². The zero-order chi connectivity index (χ0) is 102. The minimum atomic E-state index is -1.11. The molecule has 0 aliphatic heterocycles. The number of ether oxygens (including phenoxy) is 11. The van der Waals surface area contributed by atoms with E-state index in [1.165, 1.54) is 22.3 Å². The van der Waals surface area contributed by atoms with Crippen LogP contribution in [-0.2, 0) is 69.2 Å². The number of hydrogen-bond acceptors (Lipinski definition) is 25. The van der Waals surface area contributed by atoms with Crippen LogP contribution in [0.4, 0.5) is 9.59 Å². The summed E-state index contributed by atoms with van der Waals surface area (Å²) in [7, 11) is 16.2. The van der Waals surface area contributed by atoms with Crippen LogP contribution in [-0.4, -0.2) is 261 Å². The van der Waals surface area contributed by atoms with E-state index < -0.39 is 23.7 Å². The summed E-state index contributed by atoms with van der Waals surface area (Å²) in [5.74, 6) is 4.70. The van der Waals surface area contributed by atoms with E-state index in [1.54, 1.807) is 72.1 Å². The molecular weight excluding hydrogens is 1780 g/mol. The van der Waals surface area contributed by atoms with E-state index in [9.17, 15) is 38.4 Å². The molecule has 1 unspecified atom stereocenters. The smallest absolute Gasteiger partial charge is 0.410 e. The number of rotatable bonds is 56. The molecule has 0 aromatic heterocycles. The number of methoxy groups -OCH3 is 4. The van der Waals surface area contributed by atoms with Gasteiger partial charge in [-0.05, 0) is 197 Å². The number of amides is 7. The van der Waals surface area contributed by atoms with Crippen molar-refractivity contribution in [3.05, 3.63) is 214 Å². The van der Waals surface area contributed by atoms with Crippen molar-refractivity contribution in [2.75, 3.05) is 182 Å². The molecule has 8 aromatic rings. The maximum absolute atomic E-state index is 13.7. The van der Waals surface area contributed by atoms with Crippen molar-refractivity contribution in [1.82, 2.24) is 62.1 Å². The molecule has 7 amide bonds. The highest BCUT2D eigenvalue weighted by Gasteiger charge is 2.34. The van der Waals surface area contributed by atoms with Gasteiger partial charge in [0.2, 0.25) is 29.5 Å². The molecule has 0 bridgehead atoms. The number of fused-ring (bicyclic) bond motifs is 6. The van der Waals surface area contributed by atoms with Crippen molar-refractivity contribution in [3.8, 4) is 68.2 Å². The van der Waals surface area contributed by atoms with E-state index >= 15 is 0 Å². The van der Waals surface area contributed by atoms with Crippen molar-refractivity contribution < 1.29 is 90.5 Å². The summed E-state index contributed by atoms with van der Waals surface area (Å²) in [5.41, 5.74) is 17.7. The van der Waals surface area contributed by atoms with Crippen molar-refractivity contribution in [3.63, 3.8) is 0 Å². The molecule has 1 atom stereocenters. The van der Waals surface area contributed by atoms with Gasteiger partial charge in [-0.1, -0.05) is 109 Å². The van der Waals surface area contributed by atoms with Crippen LogP contribution in [0.15, 0.2) is 170 Å². The second-order valence-electron chi connectivity index (χ2n) is 34.7. The fourth-order valence-corrected chi connectivity index (χ4v) is 15.8. The predicted octanol–water partition coefficient (Wildman–Crippen LogP) is 13.6. The van der Waals surface area contributed by atoms with E-state index in [0.29, 0.717) is 166 Å². The highest BCUT2D eigenvalue weighted by atomic mass is 16.6. The minimum Gasteiger partial charge on any atom is -0.496 e. The quantitative estimate of drug-likeness (QED) is 0.00971. The van der Waals surface area contributed by atoms with Gasteiger partial charge in [-0.3, -0.25) is 24.0 Å². The number of likely N-dealkylation sites (N-methyl/N-ethyl adjacent to an activating group) is 5. The molecule has 0 fully saturated rings. The van der Waals surface area contributed by atoms with E-state index in [0.717, 1.165) is 100 Å². The Morgan fingerprint density at radius 3 is 1.04 bits per heavy atom. The number of benzene rings is 8. The number of carbonyl (C=O) groups excluding carboxylic acids is 8. The number of alkyl carbamates (subject to hydrolysis) is 1. The third kappa shape index (κ3) is 39.2. The Hall–Kier alpha value is -12.7. The average molecular weight is 1940 g/mol. The molecular formula is C108H153N13O19. The fourth-order valence-electron chi connectivity index (χ4n) is 15.8. The molecule has 0 heterocycles. The molecule has 0 saturated carbocycles. The van der Waals surface area contributed by atoms with Gasteiger partial charge in [0.1, 0.15) is 70.9 Å². The summed E-state index contributed by atoms with van der Waals surface area (Å²) in [6, 6.07) is 54.3. The van der Waals surface area contributed by atoms with E-state index in [1.807, 2.05) is 176 Å². The third-order valence-electron chi connectivity index (χ3n) is 22.8. The van der Waals surface area contributed by atoms with Crippen LogP contribution in [0.25, 0.3) is 22.3 Å². The normalized spacial score (nSPS) is 11.7. The SMILES string of the molecule is CCNC(=O)CCCOc1ccc(CN(C)CCN)c(OC)c1.CCNC(=O)CCCOc1ccc(CN(C)CCNC)c(OC)c1.CCNC(=O)CCCOc1ccc(CN(CCNC)C(=O)CCC(NC(=O)OCC2c3ccccc3-c3ccccc32)C(=O)OC(C)(C)C)c(OC)c1.CCNC(=O)CCCOc1ccc(CN(CCNC)C(=O)OCC2c3ccccc3-c3ccccc32)c(OC)c1. The van der Waals surface area contributed by atoms with Crippen LogP contribution < -0.4 is 86.2 Å². The second kappa shape index (κ2) is 63.1. The molecule has 32 nitrogen and oxygen atoms in total. The van der Waals surface area contributed by atoms with Crippen molar-refractivity contribution in [2.45, 2.75) is 162 Å². The van der Waals surface area contributed by atoms with E-state index in [2.05, 4.69) is 95.8 Å². The van der Waals surface area contributed by atoms with Crippen LogP contribution >= 0.6 is 0 Å². The Balaban J connectivity index is 0.000000270. The Morgan fingerprint density at radius 2 is 0.707 bits per heavy atom. The predicted molar refractivity (Wildman–Crippen MR) is 547 cm³/mol. The first kappa shape index (κ1) is 114. The molecule has 10 rings (SSSR count). The number of nitrogens with zero attached hydrogens (tertiary/aromatic N) is 4. The number of carbonyl (C=O) groups is 8. The van der Waals surface area contributed by atoms with Gasteiger partial charge in [0.25, 0.3) is 0 Å². The molecule has 10 N–H and O–H groups in total. The van der Waals surface area contributed by atoms with Crippen LogP contribution in [0.5, 0.6) is 46.0 Å². The van der Waals surface area contributed by atoms with Crippen LogP contribution in [0.2, 0.25) is 0 Å². The zero-order valence-corrected chi connectivity index (χ0v) is 85.1. The lowest BCUT2D eigenvalue weighted by Gasteiger charge is -2.27. The van der Waals surface area contributed by atoms with Gasteiger partial charge in [0.05, 0.1) is 61.4 Å². The second-order valence-corrected chi connectivity index (χ2v) is 34.7. The van der Waals surface area contributed by atoms with Gasteiger partial charge in [-0.25, -0.2) is 14.4 Å². The first-order valence-electron chi connectivity index (χ1n) is 48.7. The van der Waals surface area contributed by atoms with Crippen molar-refractivity contribution >= 4 is 47.7 Å². The Morgan fingerprint density at radius 1 is 0.393 bits per heavy atom. The Bertz CT molecular complexity index is 5040. The maximum Gasteiger partial charge on any atom is 0.410 e. The molecule has 8 aromatic carbocycles. The third-order valence-corrected chi connectivity index (χ3v) is 22.8. The molecule has 2 aliphatic rings. The lowest BCUT2D eigenvalue weighted by atomic mass is 9.98. The average Bonchev–Trinajstić information content (AvgIpc) is 1.61. The maximum atomic E-state index is 13.7. The number of esters is 1. The Labute approximate surface area is 828 Å². The number of hydrogen-bond donors (Lipinski definition) is 9. The molecule has 2 aliphatic carbocycles. The molecule has 140 heavy (non-hydrogen) atoms. The summed E-state index contributed by atoms with van der Waals surface area (Å²) < 4.78 is 62.6. The fraction of sp³-hybridized carbons (Fsp3) is 0.481. The zero-order valence-electron chi connectivity index (χ0n) is 85.1. The van der Waals surface area contributed by atoms with Crippen molar-refractivity contribution in [2.24, 2.45) is 5.73 Å². The lowest BCUT2D eigenvalue weighted by molar-refractivity contribution is -0.157. The topological polar surface area (TPSA) is 373 Å². The van der Waals surface area contributed by atoms with Gasteiger partial charge in [-0.2, -0.15) is 0 Å². The van der Waals surface area contributed by atoms with Gasteiger partial charge in [-0.15, -0.1) is 0 Å². The monoisotopic (exact) mass is 1940 g/mol. The molecule has 0 saturated heterocycles. The number of nitrogens with one attached hydrogen (secondary N) is 8. The lowest BCUT2D eigenvalue weighted by Crippen LogP contribution is -2.45. The summed E-state index contributed by atoms with van der Waals surface area (Å²) in [4.78, 5) is 107. The van der Waals surface area contributed by atoms with Crippen LogP contribution in [0.3, 0.4) is 0 Å². The highest BCUT2D eigenvalue weighted by Crippen LogP contribution is 2.46. The summed E-state index contributed by atoms with van der Waals surface area (Å²) >= 11 is 0.